The highest BCUT2D eigenvalue weighted by atomic mass is 15.0. The first-order valence-electron chi connectivity index (χ1n) is 19.6. The van der Waals surface area contributed by atoms with Crippen molar-refractivity contribution < 1.29 is 0 Å². The summed E-state index contributed by atoms with van der Waals surface area (Å²) in [5.74, 6) is 1.98. The van der Waals surface area contributed by atoms with Crippen molar-refractivity contribution in [2.24, 2.45) is 0 Å². The molecule has 57 heavy (non-hydrogen) atoms. The molecule has 1 heterocycles. The Bertz CT molecular complexity index is 3220. The maximum atomic E-state index is 5.28. The highest BCUT2D eigenvalue weighted by molar-refractivity contribution is 6.20. The maximum Gasteiger partial charge on any atom is 0.164 e. The summed E-state index contributed by atoms with van der Waals surface area (Å²) in [6.45, 7) is 4.62. The van der Waals surface area contributed by atoms with Gasteiger partial charge in [-0.3, -0.25) is 0 Å². The molecule has 0 bridgehead atoms. The maximum absolute atomic E-state index is 5.28. The van der Waals surface area contributed by atoms with Crippen molar-refractivity contribution in [3.63, 3.8) is 0 Å². The molecular weight excluding hydrogens is 691 g/mol. The Balaban J connectivity index is 1.06. The predicted molar refractivity (Wildman–Crippen MR) is 237 cm³/mol. The summed E-state index contributed by atoms with van der Waals surface area (Å²) < 4.78 is 0. The number of aromatic nitrogens is 3. The topological polar surface area (TPSA) is 38.7 Å². The van der Waals surface area contributed by atoms with Crippen molar-refractivity contribution in [1.29, 1.82) is 0 Å². The number of hydrogen-bond acceptors (Lipinski definition) is 3. The molecule has 11 rings (SSSR count). The van der Waals surface area contributed by atoms with Gasteiger partial charge in [-0.2, -0.15) is 0 Å². The quantitative estimate of drug-likeness (QED) is 0.131. The van der Waals surface area contributed by atoms with Gasteiger partial charge >= 0.3 is 0 Å². The van der Waals surface area contributed by atoms with Crippen LogP contribution in [0.5, 0.6) is 0 Å². The molecule has 1 aliphatic carbocycles. The van der Waals surface area contributed by atoms with E-state index >= 15 is 0 Å². The minimum absolute atomic E-state index is 0.213. The second kappa shape index (κ2) is 12.9. The SMILES string of the molecule is CC1(C)c2ccccc2-c2cccc(-c3nc(-c4ccccc4)nc(-c4cccc(-c5cccc(-c6c7ccccc7cc7c6ccc6ccccc67)c5)c4)n3)c21. The summed E-state index contributed by atoms with van der Waals surface area (Å²) in [7, 11) is 0. The van der Waals surface area contributed by atoms with E-state index in [2.05, 4.69) is 184 Å². The lowest BCUT2D eigenvalue weighted by Gasteiger charge is -2.24. The molecule has 0 spiro atoms. The third-order valence-corrected chi connectivity index (χ3v) is 11.9. The fourth-order valence-corrected chi connectivity index (χ4v) is 9.20. The molecule has 268 valence electrons. The smallest absolute Gasteiger partial charge is 0.164 e. The fourth-order valence-electron chi connectivity index (χ4n) is 9.20. The van der Waals surface area contributed by atoms with Crippen LogP contribution in [0.1, 0.15) is 25.0 Å². The molecule has 0 unspecified atom stereocenters. The average Bonchev–Trinajstić information content (AvgIpc) is 3.51. The van der Waals surface area contributed by atoms with E-state index in [1.165, 1.54) is 65.7 Å². The normalized spacial score (nSPS) is 12.9. The van der Waals surface area contributed by atoms with Gasteiger partial charge in [-0.25, -0.2) is 15.0 Å². The van der Waals surface area contributed by atoms with Crippen molar-refractivity contribution in [1.82, 2.24) is 15.0 Å². The lowest BCUT2D eigenvalue weighted by atomic mass is 9.80. The van der Waals surface area contributed by atoms with E-state index in [9.17, 15) is 0 Å². The van der Waals surface area contributed by atoms with Crippen LogP contribution in [0, 0.1) is 0 Å². The van der Waals surface area contributed by atoms with Crippen LogP contribution in [-0.4, -0.2) is 15.0 Å². The summed E-state index contributed by atoms with van der Waals surface area (Å²) in [6.07, 6.45) is 0. The molecule has 0 radical (unpaired) electrons. The summed E-state index contributed by atoms with van der Waals surface area (Å²) in [5.41, 5.74) is 12.5. The van der Waals surface area contributed by atoms with Gasteiger partial charge in [0.1, 0.15) is 0 Å². The van der Waals surface area contributed by atoms with Crippen molar-refractivity contribution in [3.05, 3.63) is 199 Å². The number of rotatable bonds is 5. The van der Waals surface area contributed by atoms with Crippen molar-refractivity contribution in [3.8, 4) is 67.5 Å². The zero-order chi connectivity index (χ0) is 38.1. The molecule has 3 nitrogen and oxygen atoms in total. The molecule has 0 atom stereocenters. The predicted octanol–water partition coefficient (Wildman–Crippen LogP) is 14.0. The third kappa shape index (κ3) is 5.38. The summed E-state index contributed by atoms with van der Waals surface area (Å²) >= 11 is 0. The molecule has 0 amide bonds. The molecule has 3 heteroatoms. The molecule has 0 saturated carbocycles. The van der Waals surface area contributed by atoms with Crippen molar-refractivity contribution >= 4 is 32.3 Å². The Morgan fingerprint density at radius 1 is 0.333 bits per heavy atom. The lowest BCUT2D eigenvalue weighted by Crippen LogP contribution is -2.17. The minimum atomic E-state index is -0.213. The Hall–Kier alpha value is -7.23. The van der Waals surface area contributed by atoms with E-state index in [0.717, 1.165) is 27.8 Å². The first kappa shape index (κ1) is 33.1. The van der Waals surface area contributed by atoms with Gasteiger partial charge in [0.2, 0.25) is 0 Å². The van der Waals surface area contributed by atoms with Crippen LogP contribution in [0.3, 0.4) is 0 Å². The number of nitrogens with zero attached hydrogens (tertiary/aromatic N) is 3. The van der Waals surface area contributed by atoms with Gasteiger partial charge in [-0.1, -0.05) is 184 Å². The number of fused-ring (bicyclic) bond motifs is 7. The molecule has 9 aromatic carbocycles. The standard InChI is InChI=1S/C54H37N3/c1-54(2)48-28-11-10-25-43(48)45-26-14-27-46(50(45)54)53-56-51(35-16-4-3-5-17-35)55-52(57-53)40-22-13-20-37(32-40)36-19-12-21-39(31-36)49-42-24-9-7-18-38(42)33-47-41-23-8-6-15-34(41)29-30-44(47)49/h3-33H,1-2H3. The van der Waals surface area contributed by atoms with E-state index in [1.807, 2.05) is 18.2 Å². The first-order valence-corrected chi connectivity index (χ1v) is 19.6. The number of benzene rings is 9. The van der Waals surface area contributed by atoms with E-state index in [1.54, 1.807) is 0 Å². The Morgan fingerprint density at radius 2 is 0.895 bits per heavy atom. The van der Waals surface area contributed by atoms with Crippen LogP contribution < -0.4 is 0 Å². The fraction of sp³-hybridized carbons (Fsp3) is 0.0556. The zero-order valence-corrected chi connectivity index (χ0v) is 31.7. The Labute approximate surface area is 332 Å². The molecule has 0 fully saturated rings. The highest BCUT2D eigenvalue weighted by Gasteiger charge is 2.38. The molecule has 1 aromatic heterocycles. The van der Waals surface area contributed by atoms with Gasteiger partial charge in [-0.05, 0) is 95.0 Å². The third-order valence-electron chi connectivity index (χ3n) is 11.9. The van der Waals surface area contributed by atoms with Crippen molar-refractivity contribution in [2.45, 2.75) is 19.3 Å². The van der Waals surface area contributed by atoms with Crippen LogP contribution in [0.2, 0.25) is 0 Å². The van der Waals surface area contributed by atoms with Crippen molar-refractivity contribution in [2.75, 3.05) is 0 Å². The largest absolute Gasteiger partial charge is 0.208 e. The molecule has 1 aliphatic rings. The van der Waals surface area contributed by atoms with E-state index in [-0.39, 0.29) is 5.41 Å². The minimum Gasteiger partial charge on any atom is -0.208 e. The Kier molecular flexibility index (Phi) is 7.52. The Morgan fingerprint density at radius 3 is 1.72 bits per heavy atom. The second-order valence-corrected chi connectivity index (χ2v) is 15.6. The summed E-state index contributed by atoms with van der Waals surface area (Å²) in [4.78, 5) is 15.6. The summed E-state index contributed by atoms with van der Waals surface area (Å²) in [6, 6.07) is 67.4. The van der Waals surface area contributed by atoms with E-state index in [0.29, 0.717) is 17.5 Å². The van der Waals surface area contributed by atoms with Gasteiger partial charge in [0.25, 0.3) is 0 Å². The highest BCUT2D eigenvalue weighted by Crippen LogP contribution is 2.52. The molecule has 0 aliphatic heterocycles. The first-order chi connectivity index (χ1) is 28.0. The van der Waals surface area contributed by atoms with Crippen LogP contribution in [-0.2, 0) is 5.41 Å². The lowest BCUT2D eigenvalue weighted by molar-refractivity contribution is 0.661. The average molecular weight is 728 g/mol. The zero-order valence-electron chi connectivity index (χ0n) is 31.7. The van der Waals surface area contributed by atoms with Crippen LogP contribution >= 0.6 is 0 Å². The molecule has 0 N–H and O–H groups in total. The molecular formula is C54H37N3. The summed E-state index contributed by atoms with van der Waals surface area (Å²) in [5, 5.41) is 7.52. The molecule has 0 saturated heterocycles. The number of hydrogen-bond donors (Lipinski definition) is 0. The van der Waals surface area contributed by atoms with Crippen LogP contribution in [0.4, 0.5) is 0 Å². The van der Waals surface area contributed by atoms with Gasteiger partial charge in [0, 0.05) is 22.1 Å². The van der Waals surface area contributed by atoms with Gasteiger partial charge in [0.05, 0.1) is 0 Å². The molecule has 10 aromatic rings. The second-order valence-electron chi connectivity index (χ2n) is 15.6. The van der Waals surface area contributed by atoms with Gasteiger partial charge in [-0.15, -0.1) is 0 Å². The van der Waals surface area contributed by atoms with Crippen LogP contribution in [0.25, 0.3) is 99.9 Å². The van der Waals surface area contributed by atoms with Crippen LogP contribution in [0.15, 0.2) is 188 Å². The van der Waals surface area contributed by atoms with E-state index < -0.39 is 0 Å². The van der Waals surface area contributed by atoms with Gasteiger partial charge in [0.15, 0.2) is 17.5 Å². The monoisotopic (exact) mass is 727 g/mol. The van der Waals surface area contributed by atoms with E-state index in [4.69, 9.17) is 15.0 Å². The van der Waals surface area contributed by atoms with Gasteiger partial charge < -0.3 is 0 Å².